The van der Waals surface area contributed by atoms with Crippen LogP contribution in [0, 0.1) is 13.8 Å². The third-order valence-electron chi connectivity index (χ3n) is 6.47. The highest BCUT2D eigenvalue weighted by Gasteiger charge is 2.22. The second kappa shape index (κ2) is 10.7. The van der Waals surface area contributed by atoms with Gasteiger partial charge in [0.15, 0.2) is 0 Å². The summed E-state index contributed by atoms with van der Waals surface area (Å²) in [5.74, 6) is -0.135. The van der Waals surface area contributed by atoms with E-state index < -0.39 is 0 Å². The molecule has 0 saturated carbocycles. The third-order valence-corrected chi connectivity index (χ3v) is 6.47. The highest BCUT2D eigenvalue weighted by molar-refractivity contribution is 6.04. The normalized spacial score (nSPS) is 18.1. The van der Waals surface area contributed by atoms with Crippen LogP contribution < -0.4 is 20.9 Å². The first-order chi connectivity index (χ1) is 16.0. The van der Waals surface area contributed by atoms with Gasteiger partial charge in [-0.25, -0.2) is 4.79 Å². The topological polar surface area (TPSA) is 82.7 Å². The molecule has 3 N–H and O–H groups in total. The SMILES string of the molecule is Cc1ccc(NC(=O)Nc2ccc(N3CCCCC3)c(C(=O)NCC3CCCO3)c2)cc1C. The van der Waals surface area contributed by atoms with Crippen molar-refractivity contribution in [2.24, 2.45) is 0 Å². The maximum atomic E-state index is 13.1. The van der Waals surface area contributed by atoms with E-state index in [0.29, 0.717) is 17.8 Å². The van der Waals surface area contributed by atoms with Gasteiger partial charge in [-0.05, 0) is 87.4 Å². The fraction of sp³-hybridized carbons (Fsp3) is 0.462. The van der Waals surface area contributed by atoms with Crippen LogP contribution in [-0.2, 0) is 4.74 Å². The van der Waals surface area contributed by atoms with Crippen molar-refractivity contribution < 1.29 is 14.3 Å². The van der Waals surface area contributed by atoms with E-state index in [1.807, 2.05) is 44.2 Å². The standard InChI is InChI=1S/C26H34N4O3/c1-18-8-9-20(15-19(18)2)28-26(32)29-21-10-11-24(30-12-4-3-5-13-30)23(16-21)25(31)27-17-22-7-6-14-33-22/h8-11,15-16,22H,3-7,12-14,17H2,1-2H3,(H,27,31)(H2,28,29,32). The first kappa shape index (κ1) is 23.1. The Morgan fingerprint density at radius 3 is 2.36 bits per heavy atom. The zero-order chi connectivity index (χ0) is 23.2. The Hall–Kier alpha value is -3.06. The molecule has 4 rings (SSSR count). The lowest BCUT2D eigenvalue weighted by Crippen LogP contribution is -2.35. The summed E-state index contributed by atoms with van der Waals surface area (Å²) >= 11 is 0. The van der Waals surface area contributed by atoms with E-state index in [2.05, 4.69) is 20.9 Å². The number of aryl methyl sites for hydroxylation is 2. The maximum absolute atomic E-state index is 13.1. The molecule has 2 aromatic carbocycles. The molecule has 2 aliphatic rings. The van der Waals surface area contributed by atoms with Crippen molar-refractivity contribution >= 4 is 29.0 Å². The van der Waals surface area contributed by atoms with E-state index >= 15 is 0 Å². The lowest BCUT2D eigenvalue weighted by Gasteiger charge is -2.30. The van der Waals surface area contributed by atoms with Crippen molar-refractivity contribution in [1.29, 1.82) is 0 Å². The number of ether oxygens (including phenoxy) is 1. The number of rotatable bonds is 6. The molecule has 2 fully saturated rings. The zero-order valence-corrected chi connectivity index (χ0v) is 19.6. The molecule has 1 atom stereocenters. The summed E-state index contributed by atoms with van der Waals surface area (Å²) in [7, 11) is 0. The van der Waals surface area contributed by atoms with Crippen LogP contribution in [0.25, 0.3) is 0 Å². The molecule has 7 heteroatoms. The van der Waals surface area contributed by atoms with E-state index in [1.54, 1.807) is 6.07 Å². The van der Waals surface area contributed by atoms with Crippen molar-refractivity contribution in [2.45, 2.75) is 52.1 Å². The van der Waals surface area contributed by atoms with E-state index in [9.17, 15) is 9.59 Å². The van der Waals surface area contributed by atoms with Gasteiger partial charge in [-0.3, -0.25) is 4.79 Å². The van der Waals surface area contributed by atoms with Crippen LogP contribution in [0.5, 0.6) is 0 Å². The molecule has 2 heterocycles. The number of benzene rings is 2. The first-order valence-electron chi connectivity index (χ1n) is 11.9. The Kier molecular flexibility index (Phi) is 7.50. The van der Waals surface area contributed by atoms with Gasteiger partial charge in [0, 0.05) is 43.3 Å². The van der Waals surface area contributed by atoms with E-state index in [0.717, 1.165) is 62.3 Å². The Morgan fingerprint density at radius 2 is 1.67 bits per heavy atom. The molecule has 176 valence electrons. The number of urea groups is 1. The number of hydrogen-bond acceptors (Lipinski definition) is 4. The average Bonchev–Trinajstić information content (AvgIpc) is 3.34. The van der Waals surface area contributed by atoms with E-state index in [1.165, 1.54) is 12.0 Å². The number of carbonyl (C=O) groups excluding carboxylic acids is 2. The second-order valence-electron chi connectivity index (χ2n) is 9.00. The number of carbonyl (C=O) groups is 2. The van der Waals surface area contributed by atoms with Crippen LogP contribution in [0.4, 0.5) is 21.9 Å². The smallest absolute Gasteiger partial charge is 0.323 e. The average molecular weight is 451 g/mol. The summed E-state index contributed by atoms with van der Waals surface area (Å²) < 4.78 is 5.64. The molecule has 2 aliphatic heterocycles. The lowest BCUT2D eigenvalue weighted by molar-refractivity contribution is 0.0858. The molecule has 0 spiro atoms. The quantitative estimate of drug-likeness (QED) is 0.588. The molecule has 7 nitrogen and oxygen atoms in total. The lowest BCUT2D eigenvalue weighted by atomic mass is 10.1. The Morgan fingerprint density at radius 1 is 0.939 bits per heavy atom. The zero-order valence-electron chi connectivity index (χ0n) is 19.6. The molecule has 2 saturated heterocycles. The van der Waals surface area contributed by atoms with Crippen molar-refractivity contribution in [2.75, 3.05) is 41.8 Å². The molecule has 2 aromatic rings. The number of piperidine rings is 1. The largest absolute Gasteiger partial charge is 0.376 e. The summed E-state index contributed by atoms with van der Waals surface area (Å²) in [5, 5.41) is 8.78. The van der Waals surface area contributed by atoms with Crippen molar-refractivity contribution in [3.05, 3.63) is 53.1 Å². The van der Waals surface area contributed by atoms with E-state index in [-0.39, 0.29) is 18.0 Å². The van der Waals surface area contributed by atoms with Crippen LogP contribution in [0.1, 0.15) is 53.6 Å². The first-order valence-corrected chi connectivity index (χ1v) is 11.9. The van der Waals surface area contributed by atoms with Gasteiger partial charge in [0.2, 0.25) is 0 Å². The van der Waals surface area contributed by atoms with Crippen LogP contribution in [-0.4, -0.2) is 44.3 Å². The molecule has 0 radical (unpaired) electrons. The Labute approximate surface area is 195 Å². The van der Waals surface area contributed by atoms with Gasteiger partial charge in [-0.15, -0.1) is 0 Å². The fourth-order valence-corrected chi connectivity index (χ4v) is 4.43. The van der Waals surface area contributed by atoms with Crippen LogP contribution in [0.15, 0.2) is 36.4 Å². The molecular weight excluding hydrogens is 416 g/mol. The third kappa shape index (κ3) is 6.05. The van der Waals surface area contributed by atoms with Gasteiger partial charge in [0.25, 0.3) is 5.91 Å². The van der Waals surface area contributed by atoms with E-state index in [4.69, 9.17) is 4.74 Å². The Bertz CT molecular complexity index is 995. The van der Waals surface area contributed by atoms with Gasteiger partial charge in [-0.2, -0.15) is 0 Å². The Balaban J connectivity index is 1.48. The summed E-state index contributed by atoms with van der Waals surface area (Å²) in [4.78, 5) is 28.0. The molecule has 0 aliphatic carbocycles. The summed E-state index contributed by atoms with van der Waals surface area (Å²) in [5.41, 5.74) is 5.10. The van der Waals surface area contributed by atoms with Gasteiger partial charge in [0.05, 0.1) is 11.7 Å². The molecule has 0 aromatic heterocycles. The summed E-state index contributed by atoms with van der Waals surface area (Å²) in [6.07, 6.45) is 5.55. The van der Waals surface area contributed by atoms with Crippen molar-refractivity contribution in [3.8, 4) is 0 Å². The number of nitrogens with zero attached hydrogens (tertiary/aromatic N) is 1. The predicted molar refractivity (Wildman–Crippen MR) is 132 cm³/mol. The molecule has 1 unspecified atom stereocenters. The predicted octanol–water partition coefficient (Wildman–Crippen LogP) is 4.85. The molecule has 3 amide bonds. The van der Waals surface area contributed by atoms with Gasteiger partial charge >= 0.3 is 6.03 Å². The molecule has 33 heavy (non-hydrogen) atoms. The van der Waals surface area contributed by atoms with Crippen molar-refractivity contribution in [3.63, 3.8) is 0 Å². The van der Waals surface area contributed by atoms with Crippen LogP contribution >= 0.6 is 0 Å². The highest BCUT2D eigenvalue weighted by Crippen LogP contribution is 2.27. The number of amides is 3. The number of nitrogens with one attached hydrogen (secondary N) is 3. The molecular formula is C26H34N4O3. The monoisotopic (exact) mass is 450 g/mol. The van der Waals surface area contributed by atoms with Gasteiger partial charge in [-0.1, -0.05) is 6.07 Å². The van der Waals surface area contributed by atoms with Gasteiger partial charge < -0.3 is 25.6 Å². The number of anilines is 3. The minimum Gasteiger partial charge on any atom is -0.376 e. The minimum atomic E-state index is -0.338. The van der Waals surface area contributed by atoms with Gasteiger partial charge in [0.1, 0.15) is 0 Å². The number of hydrogen-bond donors (Lipinski definition) is 3. The minimum absolute atomic E-state index is 0.0810. The second-order valence-corrected chi connectivity index (χ2v) is 9.00. The summed E-state index contributed by atoms with van der Waals surface area (Å²) in [6, 6.07) is 11.0. The van der Waals surface area contributed by atoms with Crippen molar-refractivity contribution in [1.82, 2.24) is 5.32 Å². The van der Waals surface area contributed by atoms with Crippen LogP contribution in [0.2, 0.25) is 0 Å². The maximum Gasteiger partial charge on any atom is 0.323 e. The fourth-order valence-electron chi connectivity index (χ4n) is 4.43. The summed E-state index contributed by atoms with van der Waals surface area (Å²) in [6.45, 7) is 7.18. The molecule has 0 bridgehead atoms. The van der Waals surface area contributed by atoms with Crippen LogP contribution in [0.3, 0.4) is 0 Å². The highest BCUT2D eigenvalue weighted by atomic mass is 16.5.